The lowest BCUT2D eigenvalue weighted by Gasteiger charge is -2.12. The molecule has 0 atom stereocenters. The molecule has 0 amide bonds. The van der Waals surface area contributed by atoms with Gasteiger partial charge < -0.3 is 9.47 Å². The van der Waals surface area contributed by atoms with E-state index in [1.54, 1.807) is 19.3 Å². The Labute approximate surface area is 159 Å². The molecule has 0 aliphatic carbocycles. The van der Waals surface area contributed by atoms with Crippen LogP contribution in [0.25, 0.3) is 6.08 Å². The summed E-state index contributed by atoms with van der Waals surface area (Å²) in [6, 6.07) is 9.08. The lowest BCUT2D eigenvalue weighted by atomic mass is 10.1. The van der Waals surface area contributed by atoms with Gasteiger partial charge in [-0.15, -0.1) is 0 Å². The maximum Gasteiger partial charge on any atom is 0.269 e. The van der Waals surface area contributed by atoms with Crippen LogP contribution < -0.4 is 9.47 Å². The Kier molecular flexibility index (Phi) is 6.91. The fraction of sp³-hybridized carbons (Fsp3) is 0.211. The molecule has 0 aliphatic rings. The number of rotatable bonds is 8. The van der Waals surface area contributed by atoms with E-state index in [0.717, 1.165) is 16.5 Å². The van der Waals surface area contributed by atoms with E-state index in [-0.39, 0.29) is 11.5 Å². The van der Waals surface area contributed by atoms with Gasteiger partial charge in [-0.1, -0.05) is 13.0 Å². The summed E-state index contributed by atoms with van der Waals surface area (Å²) in [5, 5.41) is 10.7. The Morgan fingerprint density at radius 2 is 1.96 bits per heavy atom. The summed E-state index contributed by atoms with van der Waals surface area (Å²) in [6.45, 7) is 2.59. The van der Waals surface area contributed by atoms with Crippen LogP contribution in [0.15, 0.2) is 46.9 Å². The molecule has 0 unspecified atom stereocenters. The van der Waals surface area contributed by atoms with Crippen molar-refractivity contribution < 1.29 is 19.2 Å². The topological polar surface area (TPSA) is 78.7 Å². The number of benzene rings is 2. The van der Waals surface area contributed by atoms with Crippen LogP contribution in [-0.2, 0) is 0 Å². The van der Waals surface area contributed by atoms with Crippen molar-refractivity contribution in [3.8, 4) is 11.5 Å². The second-order valence-corrected chi connectivity index (χ2v) is 6.24. The van der Waals surface area contributed by atoms with Gasteiger partial charge in [-0.3, -0.25) is 14.9 Å². The molecule has 0 aliphatic heterocycles. The van der Waals surface area contributed by atoms with Gasteiger partial charge in [-0.05, 0) is 58.3 Å². The molecule has 0 spiro atoms. The summed E-state index contributed by atoms with van der Waals surface area (Å²) in [4.78, 5) is 22.4. The molecule has 0 N–H and O–H groups in total. The number of carbonyl (C=O) groups is 1. The van der Waals surface area contributed by atoms with E-state index in [4.69, 9.17) is 9.47 Å². The summed E-state index contributed by atoms with van der Waals surface area (Å²) in [6.07, 6.45) is 3.94. The number of nitrogens with zero attached hydrogens (tertiary/aromatic N) is 1. The molecule has 0 saturated carbocycles. The zero-order valence-electron chi connectivity index (χ0n) is 14.4. The highest BCUT2D eigenvalue weighted by atomic mass is 79.9. The van der Waals surface area contributed by atoms with Gasteiger partial charge in [0.2, 0.25) is 0 Å². The van der Waals surface area contributed by atoms with Crippen LogP contribution in [0, 0.1) is 10.1 Å². The standard InChI is InChI=1S/C19H18BrNO5/c1-3-10-26-19-16(20)11-13(12-18(19)25-2)4-9-17(22)14-5-7-15(8-6-14)21(23)24/h4-9,11-12H,3,10H2,1-2H3. The maximum atomic E-state index is 12.2. The van der Waals surface area contributed by atoms with Crippen molar-refractivity contribution >= 4 is 33.5 Å². The molecule has 0 heterocycles. The average molecular weight is 420 g/mol. The zero-order valence-corrected chi connectivity index (χ0v) is 16.0. The molecular weight excluding hydrogens is 402 g/mol. The number of nitro benzene ring substituents is 1. The predicted molar refractivity (Wildman–Crippen MR) is 103 cm³/mol. The fourth-order valence-electron chi connectivity index (χ4n) is 2.20. The van der Waals surface area contributed by atoms with Gasteiger partial charge in [0.15, 0.2) is 17.3 Å². The highest BCUT2D eigenvalue weighted by molar-refractivity contribution is 9.10. The number of non-ortho nitro benzene ring substituents is 1. The Morgan fingerprint density at radius 1 is 1.27 bits per heavy atom. The summed E-state index contributed by atoms with van der Waals surface area (Å²) in [5.74, 6) is 0.935. The summed E-state index contributed by atoms with van der Waals surface area (Å²) < 4.78 is 11.8. The van der Waals surface area contributed by atoms with Gasteiger partial charge in [-0.2, -0.15) is 0 Å². The van der Waals surface area contributed by atoms with E-state index in [1.807, 2.05) is 13.0 Å². The minimum absolute atomic E-state index is 0.0538. The van der Waals surface area contributed by atoms with Crippen molar-refractivity contribution in [2.45, 2.75) is 13.3 Å². The van der Waals surface area contributed by atoms with Crippen molar-refractivity contribution in [3.63, 3.8) is 0 Å². The Bertz CT molecular complexity index is 831. The highest BCUT2D eigenvalue weighted by Gasteiger charge is 2.11. The number of carbonyl (C=O) groups excluding carboxylic acids is 1. The maximum absolute atomic E-state index is 12.2. The average Bonchev–Trinajstić information content (AvgIpc) is 2.64. The van der Waals surface area contributed by atoms with Crippen LogP contribution in [0.5, 0.6) is 11.5 Å². The molecule has 0 radical (unpaired) electrons. The molecule has 0 bridgehead atoms. The largest absolute Gasteiger partial charge is 0.493 e. The monoisotopic (exact) mass is 419 g/mol. The van der Waals surface area contributed by atoms with E-state index >= 15 is 0 Å². The minimum Gasteiger partial charge on any atom is -0.493 e. The van der Waals surface area contributed by atoms with E-state index in [1.165, 1.54) is 30.3 Å². The Balaban J connectivity index is 2.19. The van der Waals surface area contributed by atoms with Gasteiger partial charge >= 0.3 is 0 Å². The van der Waals surface area contributed by atoms with Gasteiger partial charge in [-0.25, -0.2) is 0 Å². The second-order valence-electron chi connectivity index (χ2n) is 5.38. The number of nitro groups is 1. The number of allylic oxidation sites excluding steroid dienone is 1. The molecule has 2 aromatic rings. The zero-order chi connectivity index (χ0) is 19.1. The fourth-order valence-corrected chi connectivity index (χ4v) is 2.77. The van der Waals surface area contributed by atoms with E-state index in [2.05, 4.69) is 15.9 Å². The third-order valence-corrected chi connectivity index (χ3v) is 4.08. The van der Waals surface area contributed by atoms with Crippen molar-refractivity contribution in [2.75, 3.05) is 13.7 Å². The van der Waals surface area contributed by atoms with Crippen LogP contribution in [0.1, 0.15) is 29.3 Å². The first-order valence-corrected chi connectivity index (χ1v) is 8.72. The molecule has 0 saturated heterocycles. The lowest BCUT2D eigenvalue weighted by Crippen LogP contribution is -1.99. The summed E-state index contributed by atoms with van der Waals surface area (Å²) in [7, 11) is 1.55. The molecule has 0 aromatic heterocycles. The summed E-state index contributed by atoms with van der Waals surface area (Å²) in [5.41, 5.74) is 1.08. The van der Waals surface area contributed by atoms with E-state index in [9.17, 15) is 14.9 Å². The van der Waals surface area contributed by atoms with Crippen molar-refractivity contribution in [1.29, 1.82) is 0 Å². The highest BCUT2D eigenvalue weighted by Crippen LogP contribution is 2.37. The van der Waals surface area contributed by atoms with Crippen molar-refractivity contribution in [3.05, 3.63) is 68.2 Å². The molecular formula is C19H18BrNO5. The first-order chi connectivity index (χ1) is 12.5. The molecule has 0 fully saturated rings. The van der Waals surface area contributed by atoms with Gasteiger partial charge in [0, 0.05) is 17.7 Å². The van der Waals surface area contributed by atoms with Gasteiger partial charge in [0.05, 0.1) is 23.1 Å². The minimum atomic E-state index is -0.504. The number of hydrogen-bond acceptors (Lipinski definition) is 5. The van der Waals surface area contributed by atoms with Crippen LogP contribution in [0.3, 0.4) is 0 Å². The quantitative estimate of drug-likeness (QED) is 0.258. The molecule has 2 rings (SSSR count). The number of halogens is 1. The molecule has 136 valence electrons. The first kappa shape index (κ1) is 19.7. The smallest absolute Gasteiger partial charge is 0.269 e. The Hall–Kier alpha value is -2.67. The van der Waals surface area contributed by atoms with E-state index < -0.39 is 4.92 Å². The van der Waals surface area contributed by atoms with E-state index in [0.29, 0.717) is 23.7 Å². The normalized spacial score (nSPS) is 10.7. The Morgan fingerprint density at radius 3 is 2.54 bits per heavy atom. The third kappa shape index (κ3) is 4.92. The third-order valence-electron chi connectivity index (χ3n) is 3.49. The number of ether oxygens (including phenoxy) is 2. The van der Waals surface area contributed by atoms with Crippen molar-refractivity contribution in [2.24, 2.45) is 0 Å². The molecule has 7 heteroatoms. The molecule has 2 aromatic carbocycles. The summed E-state index contributed by atoms with van der Waals surface area (Å²) >= 11 is 3.45. The molecule has 6 nitrogen and oxygen atoms in total. The van der Waals surface area contributed by atoms with Crippen LogP contribution >= 0.6 is 15.9 Å². The first-order valence-electron chi connectivity index (χ1n) is 7.93. The van der Waals surface area contributed by atoms with Crippen LogP contribution in [-0.4, -0.2) is 24.4 Å². The number of hydrogen-bond donors (Lipinski definition) is 0. The van der Waals surface area contributed by atoms with Crippen molar-refractivity contribution in [1.82, 2.24) is 0 Å². The van der Waals surface area contributed by atoms with Crippen LogP contribution in [0.4, 0.5) is 5.69 Å². The number of methoxy groups -OCH3 is 1. The van der Waals surface area contributed by atoms with Gasteiger partial charge in [0.25, 0.3) is 5.69 Å². The molecule has 26 heavy (non-hydrogen) atoms. The SMILES string of the molecule is CCCOc1c(Br)cc(C=CC(=O)c2ccc([N+](=O)[O-])cc2)cc1OC. The number of ketones is 1. The van der Waals surface area contributed by atoms with Crippen LogP contribution in [0.2, 0.25) is 0 Å². The second kappa shape index (κ2) is 9.15. The lowest BCUT2D eigenvalue weighted by molar-refractivity contribution is -0.384. The van der Waals surface area contributed by atoms with Gasteiger partial charge in [0.1, 0.15) is 0 Å². The predicted octanol–water partition coefficient (Wildman–Crippen LogP) is 5.05.